The monoisotopic (exact) mass is 195 g/mol. The molecular weight excluding hydrogens is 178 g/mol. The molecule has 0 aliphatic heterocycles. The highest BCUT2D eigenvalue weighted by molar-refractivity contribution is 5.52. The Kier molecular flexibility index (Phi) is 4.43. The van der Waals surface area contributed by atoms with Crippen LogP contribution in [-0.4, -0.2) is 25.4 Å². The Labute approximate surface area is 84.7 Å². The van der Waals surface area contributed by atoms with Crippen LogP contribution in [-0.2, 0) is 11.3 Å². The first-order chi connectivity index (χ1) is 6.77. The highest BCUT2D eigenvalue weighted by Crippen LogP contribution is 2.16. The van der Waals surface area contributed by atoms with Gasteiger partial charge >= 0.3 is 0 Å². The van der Waals surface area contributed by atoms with Crippen LogP contribution in [0.3, 0.4) is 0 Å². The van der Waals surface area contributed by atoms with Crippen LogP contribution in [0.5, 0.6) is 0 Å². The van der Waals surface area contributed by atoms with Gasteiger partial charge in [-0.3, -0.25) is 0 Å². The summed E-state index contributed by atoms with van der Waals surface area (Å²) < 4.78 is 4.95. The molecule has 0 heterocycles. The highest BCUT2D eigenvalue weighted by atomic mass is 16.5. The second-order valence-corrected chi connectivity index (χ2v) is 3.23. The lowest BCUT2D eigenvalue weighted by molar-refractivity contribution is 0.211. The molecule has 0 spiro atoms. The van der Waals surface area contributed by atoms with Gasteiger partial charge in [0, 0.05) is 19.3 Å². The number of methoxy groups -OCH3 is 1. The van der Waals surface area contributed by atoms with Crippen molar-refractivity contribution in [3.8, 4) is 0 Å². The molecule has 1 aromatic carbocycles. The summed E-state index contributed by atoms with van der Waals surface area (Å²) in [6.45, 7) is 3.59. The number of benzene rings is 1. The fraction of sp³-hybridized carbons (Fsp3) is 0.455. The molecule has 1 rings (SSSR count). The summed E-state index contributed by atoms with van der Waals surface area (Å²) in [5, 5.41) is 12.2. The lowest BCUT2D eigenvalue weighted by atomic mass is 10.1. The predicted molar refractivity (Wildman–Crippen MR) is 57.5 cm³/mol. The van der Waals surface area contributed by atoms with Gasteiger partial charge in [0.25, 0.3) is 0 Å². The van der Waals surface area contributed by atoms with Gasteiger partial charge in [-0.25, -0.2) is 0 Å². The maximum atomic E-state index is 8.97. The zero-order chi connectivity index (χ0) is 10.4. The standard InChI is InChI=1S/C11H17NO2/c1-9-3-4-10(8-13)7-11(9)12-5-6-14-2/h3-4,7,12-13H,5-6,8H2,1-2H3. The van der Waals surface area contributed by atoms with E-state index in [1.807, 2.05) is 25.1 Å². The van der Waals surface area contributed by atoms with Crippen LogP contribution in [0.2, 0.25) is 0 Å². The molecule has 3 heteroatoms. The quantitative estimate of drug-likeness (QED) is 0.700. The summed E-state index contributed by atoms with van der Waals surface area (Å²) in [4.78, 5) is 0. The predicted octanol–water partition coefficient (Wildman–Crippen LogP) is 1.55. The Hall–Kier alpha value is -1.06. The van der Waals surface area contributed by atoms with Gasteiger partial charge in [-0.15, -0.1) is 0 Å². The van der Waals surface area contributed by atoms with E-state index in [0.717, 1.165) is 17.8 Å². The summed E-state index contributed by atoms with van der Waals surface area (Å²) in [6.07, 6.45) is 0. The van der Waals surface area contributed by atoms with Gasteiger partial charge in [-0.1, -0.05) is 12.1 Å². The lowest BCUT2D eigenvalue weighted by Crippen LogP contribution is -2.08. The van der Waals surface area contributed by atoms with Crippen LogP contribution in [0.4, 0.5) is 5.69 Å². The average Bonchev–Trinajstić information content (AvgIpc) is 2.21. The molecule has 78 valence electrons. The van der Waals surface area contributed by atoms with E-state index >= 15 is 0 Å². The summed E-state index contributed by atoms with van der Waals surface area (Å²) in [7, 11) is 1.68. The number of rotatable bonds is 5. The van der Waals surface area contributed by atoms with Gasteiger partial charge in [0.2, 0.25) is 0 Å². The van der Waals surface area contributed by atoms with Crippen LogP contribution < -0.4 is 5.32 Å². The van der Waals surface area contributed by atoms with Gasteiger partial charge in [0.15, 0.2) is 0 Å². The second kappa shape index (κ2) is 5.62. The average molecular weight is 195 g/mol. The van der Waals surface area contributed by atoms with Gasteiger partial charge in [0.05, 0.1) is 13.2 Å². The van der Waals surface area contributed by atoms with Crippen molar-refractivity contribution >= 4 is 5.69 Å². The normalized spacial score (nSPS) is 10.2. The van der Waals surface area contributed by atoms with Crippen LogP contribution in [0.1, 0.15) is 11.1 Å². The SMILES string of the molecule is COCCNc1cc(CO)ccc1C. The number of aliphatic hydroxyl groups excluding tert-OH is 1. The molecule has 0 saturated carbocycles. The number of anilines is 1. The molecule has 0 unspecified atom stereocenters. The van der Waals surface area contributed by atoms with Crippen molar-refractivity contribution in [2.24, 2.45) is 0 Å². The van der Waals surface area contributed by atoms with Crippen LogP contribution in [0.15, 0.2) is 18.2 Å². The van der Waals surface area contributed by atoms with Crippen molar-refractivity contribution in [3.05, 3.63) is 29.3 Å². The molecule has 0 atom stereocenters. The number of hydrogen-bond donors (Lipinski definition) is 2. The van der Waals surface area contributed by atoms with Crippen molar-refractivity contribution in [1.29, 1.82) is 0 Å². The van der Waals surface area contributed by atoms with E-state index in [-0.39, 0.29) is 6.61 Å². The Morgan fingerprint density at radius 2 is 2.21 bits per heavy atom. The van der Waals surface area contributed by atoms with E-state index in [0.29, 0.717) is 6.61 Å². The third-order valence-electron chi connectivity index (χ3n) is 2.11. The number of aryl methyl sites for hydroxylation is 1. The topological polar surface area (TPSA) is 41.5 Å². The van der Waals surface area contributed by atoms with E-state index in [4.69, 9.17) is 9.84 Å². The third kappa shape index (κ3) is 3.01. The first-order valence-corrected chi connectivity index (χ1v) is 4.71. The maximum absolute atomic E-state index is 8.97. The van der Waals surface area contributed by atoms with E-state index < -0.39 is 0 Å². The molecule has 3 nitrogen and oxygen atoms in total. The van der Waals surface area contributed by atoms with Crippen LogP contribution in [0, 0.1) is 6.92 Å². The zero-order valence-electron chi connectivity index (χ0n) is 8.71. The summed E-state index contributed by atoms with van der Waals surface area (Å²) in [5.41, 5.74) is 3.17. The largest absolute Gasteiger partial charge is 0.392 e. The fourth-order valence-electron chi connectivity index (χ4n) is 1.25. The first kappa shape index (κ1) is 11.0. The van der Waals surface area contributed by atoms with E-state index in [1.165, 1.54) is 5.56 Å². The summed E-state index contributed by atoms with van der Waals surface area (Å²) in [5.74, 6) is 0. The van der Waals surface area contributed by atoms with Gasteiger partial charge in [0.1, 0.15) is 0 Å². The summed E-state index contributed by atoms with van der Waals surface area (Å²) >= 11 is 0. The molecular formula is C11H17NO2. The van der Waals surface area contributed by atoms with Crippen molar-refractivity contribution in [2.75, 3.05) is 25.6 Å². The first-order valence-electron chi connectivity index (χ1n) is 4.71. The van der Waals surface area contributed by atoms with Gasteiger partial charge in [-0.2, -0.15) is 0 Å². The molecule has 0 aliphatic carbocycles. The van der Waals surface area contributed by atoms with E-state index in [2.05, 4.69) is 5.32 Å². The Bertz CT molecular complexity index is 287. The fourth-order valence-corrected chi connectivity index (χ4v) is 1.25. The maximum Gasteiger partial charge on any atom is 0.0682 e. The van der Waals surface area contributed by atoms with Crippen molar-refractivity contribution in [2.45, 2.75) is 13.5 Å². The molecule has 0 radical (unpaired) electrons. The highest BCUT2D eigenvalue weighted by Gasteiger charge is 1.98. The number of aliphatic hydroxyl groups is 1. The number of hydrogen-bond acceptors (Lipinski definition) is 3. The Morgan fingerprint density at radius 3 is 2.86 bits per heavy atom. The van der Waals surface area contributed by atoms with Crippen molar-refractivity contribution in [1.82, 2.24) is 0 Å². The molecule has 2 N–H and O–H groups in total. The minimum atomic E-state index is 0.0826. The second-order valence-electron chi connectivity index (χ2n) is 3.23. The molecule has 0 saturated heterocycles. The van der Waals surface area contributed by atoms with Gasteiger partial charge < -0.3 is 15.2 Å². The smallest absolute Gasteiger partial charge is 0.0682 e. The zero-order valence-corrected chi connectivity index (χ0v) is 8.71. The molecule has 0 aliphatic rings. The third-order valence-corrected chi connectivity index (χ3v) is 2.11. The summed E-state index contributed by atoms with van der Waals surface area (Å²) in [6, 6.07) is 5.89. The minimum absolute atomic E-state index is 0.0826. The van der Waals surface area contributed by atoms with Crippen molar-refractivity contribution < 1.29 is 9.84 Å². The molecule has 0 aromatic heterocycles. The molecule has 0 amide bonds. The van der Waals surface area contributed by atoms with Crippen molar-refractivity contribution in [3.63, 3.8) is 0 Å². The Morgan fingerprint density at radius 1 is 1.43 bits per heavy atom. The molecule has 1 aromatic rings. The number of nitrogens with one attached hydrogen (secondary N) is 1. The van der Waals surface area contributed by atoms with E-state index in [9.17, 15) is 0 Å². The molecule has 0 bridgehead atoms. The lowest BCUT2D eigenvalue weighted by Gasteiger charge is -2.10. The van der Waals surface area contributed by atoms with Gasteiger partial charge in [-0.05, 0) is 24.1 Å². The number of ether oxygens (including phenoxy) is 1. The molecule has 14 heavy (non-hydrogen) atoms. The van der Waals surface area contributed by atoms with Crippen LogP contribution >= 0.6 is 0 Å². The Balaban J connectivity index is 2.64. The van der Waals surface area contributed by atoms with Crippen LogP contribution in [0.25, 0.3) is 0 Å². The molecule has 0 fully saturated rings. The van der Waals surface area contributed by atoms with E-state index in [1.54, 1.807) is 7.11 Å². The minimum Gasteiger partial charge on any atom is -0.392 e.